The van der Waals surface area contributed by atoms with E-state index >= 15 is 0 Å². The van der Waals surface area contributed by atoms with E-state index in [0.717, 1.165) is 0 Å². The fraction of sp³-hybridized carbons (Fsp3) is 0.875. The summed E-state index contributed by atoms with van der Waals surface area (Å²) in [5, 5.41) is 9.32. The topological polar surface area (TPSA) is 66.6 Å². The van der Waals surface area contributed by atoms with Crippen LogP contribution in [0, 0.1) is 0 Å². The fourth-order valence-electron chi connectivity index (χ4n) is 1.69. The summed E-state index contributed by atoms with van der Waals surface area (Å²) in [5.74, 6) is -0.333. The van der Waals surface area contributed by atoms with E-state index in [0.29, 0.717) is 13.0 Å². The first-order valence-electron chi connectivity index (χ1n) is 4.25. The van der Waals surface area contributed by atoms with Gasteiger partial charge in [-0.05, 0) is 20.3 Å². The minimum Gasteiger partial charge on any atom is -0.392 e. The maximum absolute atomic E-state index is 10.9. The van der Waals surface area contributed by atoms with Crippen molar-refractivity contribution in [2.45, 2.75) is 38.5 Å². The Bertz CT molecular complexity index is 182. The van der Waals surface area contributed by atoms with Crippen LogP contribution in [-0.2, 0) is 4.79 Å². The molecular formula is C8H16N2O2. The number of carbonyl (C=O) groups is 1. The van der Waals surface area contributed by atoms with Crippen molar-refractivity contribution < 1.29 is 9.90 Å². The number of carbonyl (C=O) groups excluding carboxylic acids is 1. The minimum atomic E-state index is -0.398. The Kier molecular flexibility index (Phi) is 2.69. The molecule has 1 heterocycles. The summed E-state index contributed by atoms with van der Waals surface area (Å²) in [6.45, 7) is 4.55. The second-order valence-electron chi connectivity index (χ2n) is 3.60. The third kappa shape index (κ3) is 1.76. The average Bonchev–Trinajstić information content (AvgIpc) is 2.31. The average molecular weight is 172 g/mol. The summed E-state index contributed by atoms with van der Waals surface area (Å²) >= 11 is 0. The molecule has 0 radical (unpaired) electrons. The number of aliphatic hydroxyl groups excluding tert-OH is 1. The van der Waals surface area contributed by atoms with E-state index in [9.17, 15) is 9.90 Å². The molecule has 1 amide bonds. The van der Waals surface area contributed by atoms with Crippen LogP contribution >= 0.6 is 0 Å². The highest BCUT2D eigenvalue weighted by molar-refractivity contribution is 5.80. The van der Waals surface area contributed by atoms with Gasteiger partial charge in [0.2, 0.25) is 5.91 Å². The number of likely N-dealkylation sites (tertiary alicyclic amines) is 1. The van der Waals surface area contributed by atoms with E-state index < -0.39 is 6.10 Å². The zero-order valence-corrected chi connectivity index (χ0v) is 7.53. The molecular weight excluding hydrogens is 156 g/mol. The van der Waals surface area contributed by atoms with Crippen LogP contribution in [-0.4, -0.2) is 40.6 Å². The van der Waals surface area contributed by atoms with Gasteiger partial charge in [0.1, 0.15) is 0 Å². The Labute approximate surface area is 72.3 Å². The highest BCUT2D eigenvalue weighted by Gasteiger charge is 2.35. The molecule has 0 saturated carbocycles. The Morgan fingerprint density at radius 3 is 2.58 bits per heavy atom. The van der Waals surface area contributed by atoms with Gasteiger partial charge in [0.15, 0.2) is 0 Å². The summed E-state index contributed by atoms with van der Waals surface area (Å²) in [6.07, 6.45) is 0.0814. The van der Waals surface area contributed by atoms with Gasteiger partial charge in [-0.2, -0.15) is 0 Å². The molecule has 12 heavy (non-hydrogen) atoms. The minimum absolute atomic E-state index is 0.264. The molecule has 4 heteroatoms. The van der Waals surface area contributed by atoms with Crippen molar-refractivity contribution in [2.24, 2.45) is 5.73 Å². The zero-order valence-electron chi connectivity index (χ0n) is 7.53. The van der Waals surface area contributed by atoms with Crippen molar-refractivity contribution in [3.63, 3.8) is 0 Å². The van der Waals surface area contributed by atoms with E-state index in [1.807, 2.05) is 18.7 Å². The van der Waals surface area contributed by atoms with Crippen molar-refractivity contribution in [3.05, 3.63) is 0 Å². The molecule has 2 atom stereocenters. The van der Waals surface area contributed by atoms with Crippen molar-refractivity contribution in [1.29, 1.82) is 0 Å². The van der Waals surface area contributed by atoms with Gasteiger partial charge in [-0.3, -0.25) is 9.69 Å². The molecule has 1 fully saturated rings. The second kappa shape index (κ2) is 3.41. The van der Waals surface area contributed by atoms with E-state index in [2.05, 4.69) is 0 Å². The molecule has 0 bridgehead atoms. The highest BCUT2D eigenvalue weighted by Crippen LogP contribution is 2.19. The number of amides is 1. The molecule has 1 rings (SSSR count). The molecule has 1 saturated heterocycles. The first-order valence-corrected chi connectivity index (χ1v) is 4.25. The van der Waals surface area contributed by atoms with Crippen LogP contribution in [0.15, 0.2) is 0 Å². The molecule has 4 nitrogen and oxygen atoms in total. The van der Waals surface area contributed by atoms with Gasteiger partial charge in [0.25, 0.3) is 0 Å². The lowest BCUT2D eigenvalue weighted by Crippen LogP contribution is -2.43. The first-order chi connectivity index (χ1) is 5.52. The molecule has 0 spiro atoms. The van der Waals surface area contributed by atoms with Gasteiger partial charge in [-0.25, -0.2) is 0 Å². The molecule has 2 unspecified atom stereocenters. The van der Waals surface area contributed by atoms with Gasteiger partial charge in [0.05, 0.1) is 12.1 Å². The van der Waals surface area contributed by atoms with Gasteiger partial charge >= 0.3 is 0 Å². The number of hydrogen-bond donors (Lipinski definition) is 2. The smallest absolute Gasteiger partial charge is 0.234 e. The molecule has 0 aliphatic carbocycles. The van der Waals surface area contributed by atoms with E-state index in [4.69, 9.17) is 5.73 Å². The van der Waals surface area contributed by atoms with Crippen LogP contribution < -0.4 is 5.73 Å². The maximum Gasteiger partial charge on any atom is 0.234 e. The third-order valence-electron chi connectivity index (χ3n) is 2.31. The number of β-amino-alcohol motifs (C(OH)–C–C–N with tert-alkyl or cyclic N) is 1. The van der Waals surface area contributed by atoms with Gasteiger partial charge in [-0.1, -0.05) is 0 Å². The number of primary amides is 1. The van der Waals surface area contributed by atoms with E-state index in [-0.39, 0.29) is 18.0 Å². The number of aliphatic hydroxyl groups is 1. The first kappa shape index (κ1) is 9.48. The Morgan fingerprint density at radius 1 is 1.67 bits per heavy atom. The number of nitrogens with zero attached hydrogens (tertiary/aromatic N) is 1. The van der Waals surface area contributed by atoms with Crippen molar-refractivity contribution in [1.82, 2.24) is 4.90 Å². The molecule has 0 aromatic carbocycles. The molecule has 1 aliphatic heterocycles. The Morgan fingerprint density at radius 2 is 2.25 bits per heavy atom. The highest BCUT2D eigenvalue weighted by atomic mass is 16.3. The molecule has 3 N–H and O–H groups in total. The largest absolute Gasteiger partial charge is 0.392 e. The third-order valence-corrected chi connectivity index (χ3v) is 2.31. The lowest BCUT2D eigenvalue weighted by Gasteiger charge is -2.25. The summed E-state index contributed by atoms with van der Waals surface area (Å²) in [7, 11) is 0. The number of hydrogen-bond acceptors (Lipinski definition) is 3. The SMILES string of the molecule is CC(C)N1CC(O)CC1C(N)=O. The van der Waals surface area contributed by atoms with Crippen LogP contribution in [0.2, 0.25) is 0 Å². The van der Waals surface area contributed by atoms with Gasteiger partial charge in [0, 0.05) is 12.6 Å². The monoisotopic (exact) mass is 172 g/mol. The van der Waals surface area contributed by atoms with Crippen LogP contribution in [0.25, 0.3) is 0 Å². The Balaban J connectivity index is 2.65. The van der Waals surface area contributed by atoms with Crippen LogP contribution in [0.1, 0.15) is 20.3 Å². The lowest BCUT2D eigenvalue weighted by molar-refractivity contribution is -0.122. The summed E-state index contributed by atoms with van der Waals surface area (Å²) in [6, 6.07) is -0.0142. The predicted octanol–water partition coefficient (Wildman–Crippen LogP) is -0.685. The number of rotatable bonds is 2. The Hall–Kier alpha value is -0.610. The van der Waals surface area contributed by atoms with Crippen molar-refractivity contribution >= 4 is 5.91 Å². The lowest BCUT2D eigenvalue weighted by atomic mass is 10.2. The van der Waals surface area contributed by atoms with E-state index in [1.54, 1.807) is 0 Å². The van der Waals surface area contributed by atoms with Crippen LogP contribution in [0.5, 0.6) is 0 Å². The summed E-state index contributed by atoms with van der Waals surface area (Å²) in [4.78, 5) is 12.9. The fourth-order valence-corrected chi connectivity index (χ4v) is 1.69. The summed E-state index contributed by atoms with van der Waals surface area (Å²) < 4.78 is 0. The van der Waals surface area contributed by atoms with Crippen molar-refractivity contribution in [2.75, 3.05) is 6.54 Å². The zero-order chi connectivity index (χ0) is 9.30. The number of nitrogens with two attached hydrogens (primary N) is 1. The van der Waals surface area contributed by atoms with Gasteiger partial charge in [-0.15, -0.1) is 0 Å². The van der Waals surface area contributed by atoms with E-state index in [1.165, 1.54) is 0 Å². The van der Waals surface area contributed by atoms with Crippen LogP contribution in [0.4, 0.5) is 0 Å². The summed E-state index contributed by atoms with van der Waals surface area (Å²) in [5.41, 5.74) is 5.20. The second-order valence-corrected chi connectivity index (χ2v) is 3.60. The van der Waals surface area contributed by atoms with Crippen LogP contribution in [0.3, 0.4) is 0 Å². The molecule has 0 aromatic rings. The van der Waals surface area contributed by atoms with Gasteiger partial charge < -0.3 is 10.8 Å². The molecule has 70 valence electrons. The molecule has 1 aliphatic rings. The molecule has 0 aromatic heterocycles. The van der Waals surface area contributed by atoms with Crippen molar-refractivity contribution in [3.8, 4) is 0 Å². The maximum atomic E-state index is 10.9. The standard InChI is InChI=1S/C8H16N2O2/c1-5(2)10-4-6(11)3-7(10)8(9)12/h5-7,11H,3-4H2,1-2H3,(H2,9,12). The normalized spacial score (nSPS) is 31.3. The predicted molar refractivity (Wildman–Crippen MR) is 45.4 cm³/mol. The quantitative estimate of drug-likeness (QED) is 0.579.